The first-order valence-electron chi connectivity index (χ1n) is 13.5. The summed E-state index contributed by atoms with van der Waals surface area (Å²) in [6.45, 7) is 5.53. The molecule has 0 spiro atoms. The minimum atomic E-state index is -0.119. The molecule has 0 aromatic heterocycles. The molecule has 0 saturated carbocycles. The third-order valence-corrected chi connectivity index (χ3v) is 7.59. The molecule has 3 heterocycles. The summed E-state index contributed by atoms with van der Waals surface area (Å²) >= 11 is 0. The van der Waals surface area contributed by atoms with Crippen LogP contribution in [0.4, 0.5) is 0 Å². The van der Waals surface area contributed by atoms with E-state index in [0.717, 1.165) is 25.2 Å². The minimum absolute atomic E-state index is 0.0669. The van der Waals surface area contributed by atoms with Crippen LogP contribution in [0.1, 0.15) is 97.3 Å². The number of esters is 1. The number of rotatable bonds is 14. The number of carbonyl (C=O) groups is 1. The van der Waals surface area contributed by atoms with Crippen molar-refractivity contribution in [1.29, 1.82) is 0 Å². The van der Waals surface area contributed by atoms with Gasteiger partial charge in [0, 0.05) is 6.42 Å². The predicted molar refractivity (Wildman–Crippen MR) is 132 cm³/mol. The van der Waals surface area contributed by atoms with Crippen molar-refractivity contribution in [2.24, 2.45) is 17.4 Å². The van der Waals surface area contributed by atoms with Crippen LogP contribution in [0.2, 0.25) is 0 Å². The molecule has 5 atom stereocenters. The molecule has 0 aromatic carbocycles. The zero-order valence-corrected chi connectivity index (χ0v) is 20.9. The van der Waals surface area contributed by atoms with E-state index in [1.165, 1.54) is 64.2 Å². The molecule has 0 bridgehead atoms. The van der Waals surface area contributed by atoms with Crippen LogP contribution in [0.3, 0.4) is 0 Å². The molecule has 1 unspecified atom stereocenters. The van der Waals surface area contributed by atoms with Gasteiger partial charge in [0.05, 0.1) is 37.3 Å². The standard InChI is InChI=1S/C25H46N6O2/c1-3-4-5-6-7-8-9-12-19-17-20-13-14-21-22(18(2)29-25(30-19)31(20)21)23(32)33-16-11-10-15-28-24(26)27/h18-22H,3-17H2,1-2H3,(H5,26,27,28,29,30)/p+2/t18-,19-,20?,21+,22+/m1/s1. The molecule has 1 fully saturated rings. The van der Waals surface area contributed by atoms with Crippen LogP contribution in [0.5, 0.6) is 0 Å². The van der Waals surface area contributed by atoms with Gasteiger partial charge in [-0.25, -0.2) is 0 Å². The van der Waals surface area contributed by atoms with Crippen molar-refractivity contribution in [1.82, 2.24) is 10.6 Å². The Morgan fingerprint density at radius 2 is 1.82 bits per heavy atom. The normalized spacial score (nSPS) is 28.0. The number of nitrogens with zero attached hydrogens (tertiary/aromatic N) is 1. The second-order valence-corrected chi connectivity index (χ2v) is 10.3. The van der Waals surface area contributed by atoms with Crippen molar-refractivity contribution in [3.63, 3.8) is 0 Å². The molecule has 7 N–H and O–H groups in total. The molecule has 188 valence electrons. The smallest absolute Gasteiger partial charge is 0.346 e. The van der Waals surface area contributed by atoms with Gasteiger partial charge >= 0.3 is 17.9 Å². The van der Waals surface area contributed by atoms with Crippen molar-refractivity contribution in [3.05, 3.63) is 0 Å². The molecule has 8 heteroatoms. The second kappa shape index (κ2) is 13.0. The van der Waals surface area contributed by atoms with Gasteiger partial charge in [-0.1, -0.05) is 51.9 Å². The predicted octanol–water partition coefficient (Wildman–Crippen LogP) is 0.674. The largest absolute Gasteiger partial charge is 0.465 e. The van der Waals surface area contributed by atoms with E-state index < -0.39 is 0 Å². The molecule has 0 radical (unpaired) electrons. The lowest BCUT2D eigenvalue weighted by Crippen LogP contribution is -2.78. The molecular weight excluding hydrogens is 416 g/mol. The average molecular weight is 465 g/mol. The topological polar surface area (TPSA) is 119 Å². The number of ether oxygens (including phenoxy) is 1. The van der Waals surface area contributed by atoms with Crippen LogP contribution in [0.15, 0.2) is 0 Å². The Bertz CT molecular complexity index is 690. The molecule has 0 amide bonds. The average Bonchev–Trinajstić information content (AvgIpc) is 3.19. The summed E-state index contributed by atoms with van der Waals surface area (Å²) in [4.78, 5) is 15.9. The lowest BCUT2D eigenvalue weighted by molar-refractivity contribution is -0.598. The molecular formula is C25H48N6O2+2. The van der Waals surface area contributed by atoms with E-state index in [4.69, 9.17) is 16.2 Å². The van der Waals surface area contributed by atoms with E-state index in [1.54, 1.807) is 0 Å². The molecule has 33 heavy (non-hydrogen) atoms. The van der Waals surface area contributed by atoms with Gasteiger partial charge < -0.3 is 4.74 Å². The minimum Gasteiger partial charge on any atom is -0.465 e. The van der Waals surface area contributed by atoms with Gasteiger partial charge in [-0.15, -0.1) is 0 Å². The highest BCUT2D eigenvalue weighted by molar-refractivity contribution is 5.81. The second-order valence-electron chi connectivity index (χ2n) is 10.3. The summed E-state index contributed by atoms with van der Waals surface area (Å²) in [5.74, 6) is 1.20. The fraction of sp³-hybridized carbons (Fsp3) is 0.880. The van der Waals surface area contributed by atoms with Gasteiger partial charge in [-0.05, 0) is 39.0 Å². The van der Waals surface area contributed by atoms with Gasteiger partial charge in [0.2, 0.25) is 0 Å². The van der Waals surface area contributed by atoms with Crippen molar-refractivity contribution in [2.45, 2.75) is 121 Å². The first-order valence-corrected chi connectivity index (χ1v) is 13.5. The highest BCUT2D eigenvalue weighted by atomic mass is 16.5. The SMILES string of the molecule is CCCCCCCCC[C@@H]1CC2CC[C@H]3[C@@H](C(=O)OCCCC[NH+]=C(N)N)[C@@H](C)NC(=[N+]23)N1. The number of unbranched alkanes of at least 4 members (excludes halogenated alkanes) is 7. The van der Waals surface area contributed by atoms with E-state index in [2.05, 4.69) is 34.0 Å². The molecule has 3 aliphatic heterocycles. The number of hydrogen-bond donors (Lipinski definition) is 5. The Kier molecular flexibility index (Phi) is 10.1. The summed E-state index contributed by atoms with van der Waals surface area (Å²) in [5, 5.41) is 7.40. The summed E-state index contributed by atoms with van der Waals surface area (Å²) in [5.41, 5.74) is 10.8. The third kappa shape index (κ3) is 7.24. The monoisotopic (exact) mass is 464 g/mol. The van der Waals surface area contributed by atoms with Gasteiger partial charge in [0.25, 0.3) is 0 Å². The first kappa shape index (κ1) is 25.6. The zero-order valence-electron chi connectivity index (χ0n) is 20.9. The maximum absolute atomic E-state index is 13.0. The Morgan fingerprint density at radius 1 is 1.06 bits per heavy atom. The maximum Gasteiger partial charge on any atom is 0.346 e. The van der Waals surface area contributed by atoms with Gasteiger partial charge in [-0.3, -0.25) is 36.5 Å². The fourth-order valence-corrected chi connectivity index (χ4v) is 5.88. The molecule has 0 aliphatic carbocycles. The molecule has 3 aliphatic rings. The number of hydrogen-bond acceptors (Lipinski definition) is 4. The van der Waals surface area contributed by atoms with Crippen LogP contribution in [-0.2, 0) is 9.53 Å². The number of nitrogens with two attached hydrogens (primary N) is 2. The van der Waals surface area contributed by atoms with Crippen LogP contribution in [0, 0.1) is 5.92 Å². The highest BCUT2D eigenvalue weighted by Crippen LogP contribution is 2.35. The van der Waals surface area contributed by atoms with E-state index in [9.17, 15) is 4.79 Å². The Morgan fingerprint density at radius 3 is 2.58 bits per heavy atom. The van der Waals surface area contributed by atoms with Crippen molar-refractivity contribution >= 4 is 17.9 Å². The van der Waals surface area contributed by atoms with Gasteiger partial charge in [-0.2, -0.15) is 0 Å². The summed E-state index contributed by atoms with van der Waals surface area (Å²) in [6.07, 6.45) is 15.8. The first-order chi connectivity index (χ1) is 16.0. The van der Waals surface area contributed by atoms with Crippen molar-refractivity contribution in [2.75, 3.05) is 13.2 Å². The molecule has 3 rings (SSSR count). The lowest BCUT2D eigenvalue weighted by atomic mass is 9.89. The number of guanidine groups is 2. The quantitative estimate of drug-likeness (QED) is 0.0848. The van der Waals surface area contributed by atoms with Crippen LogP contribution < -0.4 is 27.1 Å². The Labute approximate surface area is 200 Å². The summed E-state index contributed by atoms with van der Waals surface area (Å²) < 4.78 is 8.15. The Balaban J connectivity index is 1.45. The Hall–Kier alpha value is -1.99. The highest BCUT2D eigenvalue weighted by Gasteiger charge is 2.52. The van der Waals surface area contributed by atoms with E-state index in [1.807, 2.05) is 0 Å². The molecule has 8 nitrogen and oxygen atoms in total. The zero-order chi connectivity index (χ0) is 23.6. The van der Waals surface area contributed by atoms with E-state index >= 15 is 0 Å². The van der Waals surface area contributed by atoms with Crippen LogP contribution in [0.25, 0.3) is 0 Å². The fourth-order valence-electron chi connectivity index (χ4n) is 5.88. The van der Waals surface area contributed by atoms with Gasteiger partial charge in [0.15, 0.2) is 0 Å². The third-order valence-electron chi connectivity index (χ3n) is 7.59. The number of carbonyl (C=O) groups excluding carboxylic acids is 1. The van der Waals surface area contributed by atoms with Crippen LogP contribution >= 0.6 is 0 Å². The van der Waals surface area contributed by atoms with Crippen LogP contribution in [-0.4, -0.2) is 59.8 Å². The number of nitrogens with one attached hydrogen (secondary N) is 3. The van der Waals surface area contributed by atoms with Crippen molar-refractivity contribution < 1.29 is 19.1 Å². The molecule has 1 saturated heterocycles. The lowest BCUT2D eigenvalue weighted by Gasteiger charge is -2.38. The molecule has 0 aromatic rings. The van der Waals surface area contributed by atoms with E-state index in [-0.39, 0.29) is 29.9 Å². The summed E-state index contributed by atoms with van der Waals surface area (Å²) in [7, 11) is 0. The van der Waals surface area contributed by atoms with Gasteiger partial charge in [0.1, 0.15) is 5.92 Å². The van der Waals surface area contributed by atoms with E-state index in [0.29, 0.717) is 25.2 Å². The van der Waals surface area contributed by atoms with Crippen molar-refractivity contribution in [3.8, 4) is 0 Å². The summed E-state index contributed by atoms with van der Waals surface area (Å²) in [6, 6.07) is 1.41. The maximum atomic E-state index is 13.0.